The van der Waals surface area contributed by atoms with Crippen LogP contribution in [-0.4, -0.2) is 13.7 Å². The standard InChI is InChI=1S/C19H25NO2.ClH/c1-4-12-20-13-17-6-5-7-18(21-3)19(17)22-14-16-10-8-15(2)9-11-16;/h5-11,20H,4,12-14H2,1-3H3;1H. The number of hydrogen-bond acceptors (Lipinski definition) is 3. The zero-order valence-corrected chi connectivity index (χ0v) is 14.9. The second-order valence-electron chi connectivity index (χ2n) is 5.40. The summed E-state index contributed by atoms with van der Waals surface area (Å²) in [5.74, 6) is 1.61. The van der Waals surface area contributed by atoms with E-state index in [0.717, 1.165) is 42.1 Å². The van der Waals surface area contributed by atoms with Crippen molar-refractivity contribution in [1.29, 1.82) is 0 Å². The molecule has 2 rings (SSSR count). The van der Waals surface area contributed by atoms with E-state index >= 15 is 0 Å². The molecule has 0 radical (unpaired) electrons. The Kier molecular flexibility index (Phi) is 8.52. The quantitative estimate of drug-likeness (QED) is 0.720. The normalized spacial score (nSPS) is 10.0. The average Bonchev–Trinajstić information content (AvgIpc) is 2.55. The number of nitrogens with one attached hydrogen (secondary N) is 1. The Morgan fingerprint density at radius 1 is 1.04 bits per heavy atom. The summed E-state index contributed by atoms with van der Waals surface area (Å²) in [5, 5.41) is 3.41. The SMILES string of the molecule is CCCNCc1cccc(OC)c1OCc1ccc(C)cc1.Cl. The van der Waals surface area contributed by atoms with Gasteiger partial charge in [0.05, 0.1) is 7.11 Å². The Hall–Kier alpha value is -1.71. The Morgan fingerprint density at radius 2 is 1.78 bits per heavy atom. The van der Waals surface area contributed by atoms with E-state index in [1.165, 1.54) is 5.56 Å². The predicted octanol–water partition coefficient (Wildman–Crippen LogP) is 4.50. The molecule has 0 amide bonds. The third-order valence-electron chi connectivity index (χ3n) is 3.53. The van der Waals surface area contributed by atoms with Gasteiger partial charge in [-0.05, 0) is 31.5 Å². The van der Waals surface area contributed by atoms with Crippen LogP contribution in [-0.2, 0) is 13.2 Å². The summed E-state index contributed by atoms with van der Waals surface area (Å²) in [6.45, 7) is 6.57. The Labute approximate surface area is 145 Å². The molecule has 0 fully saturated rings. The maximum atomic E-state index is 6.05. The van der Waals surface area contributed by atoms with Crippen molar-refractivity contribution in [2.45, 2.75) is 33.4 Å². The van der Waals surface area contributed by atoms with Crippen molar-refractivity contribution in [2.75, 3.05) is 13.7 Å². The number of halogens is 1. The summed E-state index contributed by atoms with van der Waals surface area (Å²) >= 11 is 0. The molecule has 0 aliphatic heterocycles. The molecule has 0 atom stereocenters. The Morgan fingerprint density at radius 3 is 2.43 bits per heavy atom. The van der Waals surface area contributed by atoms with E-state index in [1.807, 2.05) is 12.1 Å². The lowest BCUT2D eigenvalue weighted by atomic mass is 10.1. The highest BCUT2D eigenvalue weighted by Gasteiger charge is 2.10. The summed E-state index contributed by atoms with van der Waals surface area (Å²) in [7, 11) is 1.68. The van der Waals surface area contributed by atoms with E-state index in [0.29, 0.717) is 6.61 Å². The average molecular weight is 336 g/mol. The van der Waals surface area contributed by atoms with Crippen molar-refractivity contribution in [3.8, 4) is 11.5 Å². The van der Waals surface area contributed by atoms with Crippen molar-refractivity contribution in [3.63, 3.8) is 0 Å². The molecule has 0 aliphatic rings. The highest BCUT2D eigenvalue weighted by Crippen LogP contribution is 2.31. The van der Waals surface area contributed by atoms with Gasteiger partial charge in [-0.15, -0.1) is 12.4 Å². The first-order valence-electron chi connectivity index (χ1n) is 7.79. The first kappa shape index (κ1) is 19.3. The van der Waals surface area contributed by atoms with Gasteiger partial charge in [-0.2, -0.15) is 0 Å². The van der Waals surface area contributed by atoms with Crippen LogP contribution in [0, 0.1) is 6.92 Å². The summed E-state index contributed by atoms with van der Waals surface area (Å²) in [6, 6.07) is 14.4. The monoisotopic (exact) mass is 335 g/mol. The van der Waals surface area contributed by atoms with Crippen molar-refractivity contribution in [2.24, 2.45) is 0 Å². The van der Waals surface area contributed by atoms with Gasteiger partial charge in [0.1, 0.15) is 6.61 Å². The van der Waals surface area contributed by atoms with Gasteiger partial charge in [0.2, 0.25) is 0 Å². The highest BCUT2D eigenvalue weighted by atomic mass is 35.5. The number of ether oxygens (including phenoxy) is 2. The molecule has 0 aromatic heterocycles. The maximum Gasteiger partial charge on any atom is 0.166 e. The smallest absolute Gasteiger partial charge is 0.166 e. The zero-order chi connectivity index (χ0) is 15.8. The second kappa shape index (κ2) is 10.1. The Bertz CT molecular complexity index is 584. The van der Waals surface area contributed by atoms with E-state index < -0.39 is 0 Å². The zero-order valence-electron chi connectivity index (χ0n) is 14.1. The van der Waals surface area contributed by atoms with Crippen molar-refractivity contribution in [3.05, 3.63) is 59.2 Å². The molecule has 0 spiro atoms. The maximum absolute atomic E-state index is 6.05. The van der Waals surface area contributed by atoms with Crippen LogP contribution < -0.4 is 14.8 Å². The van der Waals surface area contributed by atoms with Gasteiger partial charge in [-0.1, -0.05) is 48.9 Å². The van der Waals surface area contributed by atoms with E-state index in [1.54, 1.807) is 7.11 Å². The fourth-order valence-electron chi connectivity index (χ4n) is 2.26. The molecule has 0 saturated heterocycles. The van der Waals surface area contributed by atoms with Crippen LogP contribution in [0.15, 0.2) is 42.5 Å². The Balaban J connectivity index is 0.00000264. The molecule has 0 saturated carbocycles. The number of para-hydroxylation sites is 1. The van der Waals surface area contributed by atoms with Crippen LogP contribution in [0.5, 0.6) is 11.5 Å². The summed E-state index contributed by atoms with van der Waals surface area (Å²) in [6.07, 6.45) is 1.11. The van der Waals surface area contributed by atoms with Gasteiger partial charge in [0, 0.05) is 12.1 Å². The lowest BCUT2D eigenvalue weighted by Gasteiger charge is -2.15. The van der Waals surface area contributed by atoms with Gasteiger partial charge in [0.15, 0.2) is 11.5 Å². The number of methoxy groups -OCH3 is 1. The van der Waals surface area contributed by atoms with Crippen LogP contribution in [0.25, 0.3) is 0 Å². The van der Waals surface area contributed by atoms with Crippen LogP contribution in [0.2, 0.25) is 0 Å². The molecule has 0 unspecified atom stereocenters. The minimum absolute atomic E-state index is 0. The molecule has 1 N–H and O–H groups in total. The first-order chi connectivity index (χ1) is 10.7. The molecule has 0 bridgehead atoms. The molecule has 2 aromatic carbocycles. The lowest BCUT2D eigenvalue weighted by Crippen LogP contribution is -2.15. The molecule has 0 aliphatic carbocycles. The van der Waals surface area contributed by atoms with Crippen molar-refractivity contribution in [1.82, 2.24) is 5.32 Å². The van der Waals surface area contributed by atoms with Gasteiger partial charge < -0.3 is 14.8 Å². The molecule has 23 heavy (non-hydrogen) atoms. The van der Waals surface area contributed by atoms with Crippen LogP contribution in [0.3, 0.4) is 0 Å². The van der Waals surface area contributed by atoms with Crippen molar-refractivity contribution < 1.29 is 9.47 Å². The third-order valence-corrected chi connectivity index (χ3v) is 3.53. The first-order valence-corrected chi connectivity index (χ1v) is 7.79. The van der Waals surface area contributed by atoms with E-state index in [-0.39, 0.29) is 12.4 Å². The lowest BCUT2D eigenvalue weighted by molar-refractivity contribution is 0.280. The summed E-state index contributed by atoms with van der Waals surface area (Å²) in [4.78, 5) is 0. The van der Waals surface area contributed by atoms with Crippen molar-refractivity contribution >= 4 is 12.4 Å². The molecular formula is C19H26ClNO2. The van der Waals surface area contributed by atoms with E-state index in [2.05, 4.69) is 49.5 Å². The molecule has 3 nitrogen and oxygen atoms in total. The van der Waals surface area contributed by atoms with E-state index in [9.17, 15) is 0 Å². The minimum atomic E-state index is 0. The topological polar surface area (TPSA) is 30.5 Å². The summed E-state index contributed by atoms with van der Waals surface area (Å²) < 4.78 is 11.5. The second-order valence-corrected chi connectivity index (χ2v) is 5.40. The largest absolute Gasteiger partial charge is 0.493 e. The molecule has 0 heterocycles. The van der Waals surface area contributed by atoms with Gasteiger partial charge in [-0.25, -0.2) is 0 Å². The number of rotatable bonds is 8. The van der Waals surface area contributed by atoms with Gasteiger partial charge in [0.25, 0.3) is 0 Å². The number of aryl methyl sites for hydroxylation is 1. The van der Waals surface area contributed by atoms with Crippen LogP contribution in [0.1, 0.15) is 30.0 Å². The van der Waals surface area contributed by atoms with Crippen LogP contribution >= 0.6 is 12.4 Å². The van der Waals surface area contributed by atoms with Crippen LogP contribution in [0.4, 0.5) is 0 Å². The fraction of sp³-hybridized carbons (Fsp3) is 0.368. The number of benzene rings is 2. The highest BCUT2D eigenvalue weighted by molar-refractivity contribution is 5.85. The summed E-state index contributed by atoms with van der Waals surface area (Å²) in [5.41, 5.74) is 3.54. The number of hydrogen-bond donors (Lipinski definition) is 1. The van der Waals surface area contributed by atoms with E-state index in [4.69, 9.17) is 9.47 Å². The van der Waals surface area contributed by atoms with Gasteiger partial charge in [-0.3, -0.25) is 0 Å². The fourth-order valence-corrected chi connectivity index (χ4v) is 2.26. The molecule has 126 valence electrons. The molecular weight excluding hydrogens is 310 g/mol. The predicted molar refractivity (Wildman–Crippen MR) is 97.8 cm³/mol. The minimum Gasteiger partial charge on any atom is -0.493 e. The third kappa shape index (κ3) is 5.77. The molecule has 2 aromatic rings. The molecule has 4 heteroatoms. The van der Waals surface area contributed by atoms with Gasteiger partial charge >= 0.3 is 0 Å².